The highest BCUT2D eigenvalue weighted by molar-refractivity contribution is 9.11. The first-order valence-electron chi connectivity index (χ1n) is 8.91. The van der Waals surface area contributed by atoms with E-state index < -0.39 is 5.91 Å². The summed E-state index contributed by atoms with van der Waals surface area (Å²) in [7, 11) is 0. The first-order valence-corrected chi connectivity index (χ1v) is 11.3. The summed E-state index contributed by atoms with van der Waals surface area (Å²) in [5.41, 5.74) is 1.75. The molecule has 0 aromatic heterocycles. The minimum Gasteiger partial charge on any atom is -0.487 e. The molecule has 0 aliphatic heterocycles. The number of hydrogen-bond acceptors (Lipinski definition) is 3. The van der Waals surface area contributed by atoms with E-state index in [1.165, 1.54) is 6.08 Å². The molecule has 0 bridgehead atoms. The first kappa shape index (κ1) is 23.4. The van der Waals surface area contributed by atoms with E-state index in [-0.39, 0.29) is 12.2 Å². The van der Waals surface area contributed by atoms with Crippen molar-refractivity contribution >= 4 is 72.7 Å². The number of hydrogen-bond donors (Lipinski definition) is 1. The molecule has 1 N–H and O–H groups in total. The van der Waals surface area contributed by atoms with Gasteiger partial charge in [0.2, 0.25) is 0 Å². The number of amides is 1. The fourth-order valence-corrected chi connectivity index (χ4v) is 4.45. The number of anilines is 1. The molecule has 31 heavy (non-hydrogen) atoms. The van der Waals surface area contributed by atoms with E-state index in [4.69, 9.17) is 27.9 Å². The molecule has 0 atom stereocenters. The Bertz CT molecular complexity index is 1210. The molecule has 0 fully saturated rings. The van der Waals surface area contributed by atoms with Crippen LogP contribution >= 0.6 is 55.1 Å². The van der Waals surface area contributed by atoms with E-state index in [1.54, 1.807) is 36.4 Å². The lowest BCUT2D eigenvalue weighted by molar-refractivity contribution is -0.112. The number of nitrogens with one attached hydrogen (secondary N) is 1. The number of nitrogens with zero attached hydrogens (tertiary/aromatic N) is 1. The summed E-state index contributed by atoms with van der Waals surface area (Å²) in [6.45, 7) is 0.259. The molecule has 4 nitrogen and oxygen atoms in total. The van der Waals surface area contributed by atoms with Crippen LogP contribution in [0.15, 0.2) is 75.2 Å². The summed E-state index contributed by atoms with van der Waals surface area (Å²) in [4.78, 5) is 12.7. The molecule has 0 heterocycles. The van der Waals surface area contributed by atoms with Gasteiger partial charge in [-0.1, -0.05) is 63.4 Å². The number of nitriles is 1. The molecule has 0 saturated carbocycles. The Balaban J connectivity index is 1.90. The molecule has 3 aromatic rings. The molecule has 0 unspecified atom stereocenters. The van der Waals surface area contributed by atoms with Gasteiger partial charge in [-0.2, -0.15) is 5.26 Å². The summed E-state index contributed by atoms with van der Waals surface area (Å²) in [5.74, 6) is -0.0889. The Kier molecular flexibility index (Phi) is 8.16. The van der Waals surface area contributed by atoms with E-state index in [0.29, 0.717) is 31.5 Å². The van der Waals surface area contributed by atoms with Crippen LogP contribution in [0.1, 0.15) is 11.1 Å². The summed E-state index contributed by atoms with van der Waals surface area (Å²) >= 11 is 19.1. The van der Waals surface area contributed by atoms with Gasteiger partial charge in [-0.05, 0) is 64.0 Å². The molecule has 0 saturated heterocycles. The summed E-state index contributed by atoms with van der Waals surface area (Å²) in [6.07, 6.45) is 1.47. The van der Waals surface area contributed by atoms with E-state index in [1.807, 2.05) is 30.3 Å². The standard InChI is InChI=1S/C23H14Br2Cl2N2O2/c24-17-10-15(9-16(12-28)23(30)29-21-7-2-1-6-20(21)27)22(19(25)11-17)31-13-14-4-3-5-18(26)8-14/h1-11H,13H2,(H,29,30)/b16-9+. The number of rotatable bonds is 6. The van der Waals surface area contributed by atoms with Gasteiger partial charge in [0.1, 0.15) is 24.0 Å². The molecule has 156 valence electrons. The molecule has 0 aliphatic rings. The average Bonchev–Trinajstić information content (AvgIpc) is 2.72. The molecular formula is C23H14Br2Cl2N2O2. The topological polar surface area (TPSA) is 62.1 Å². The fraction of sp³-hybridized carbons (Fsp3) is 0.0435. The van der Waals surface area contributed by atoms with E-state index >= 15 is 0 Å². The molecule has 0 spiro atoms. The van der Waals surface area contributed by atoms with Crippen molar-refractivity contribution in [1.29, 1.82) is 5.26 Å². The maximum Gasteiger partial charge on any atom is 0.266 e. The monoisotopic (exact) mass is 578 g/mol. The van der Waals surface area contributed by atoms with Crippen LogP contribution in [0.3, 0.4) is 0 Å². The Morgan fingerprint density at radius 1 is 1.10 bits per heavy atom. The van der Waals surface area contributed by atoms with Gasteiger partial charge in [-0.3, -0.25) is 4.79 Å². The van der Waals surface area contributed by atoms with Gasteiger partial charge in [0, 0.05) is 15.1 Å². The molecular weight excluding hydrogens is 567 g/mol. The van der Waals surface area contributed by atoms with Gasteiger partial charge in [0.25, 0.3) is 5.91 Å². The van der Waals surface area contributed by atoms with Crippen LogP contribution in [-0.2, 0) is 11.4 Å². The summed E-state index contributed by atoms with van der Waals surface area (Å²) in [6, 6.07) is 19.6. The zero-order valence-electron chi connectivity index (χ0n) is 15.8. The third-order valence-corrected chi connectivity index (χ3v) is 5.71. The third-order valence-electron chi connectivity index (χ3n) is 4.10. The molecule has 3 rings (SSSR count). The highest BCUT2D eigenvalue weighted by Gasteiger charge is 2.15. The number of para-hydroxylation sites is 1. The fourth-order valence-electron chi connectivity index (χ4n) is 2.68. The van der Waals surface area contributed by atoms with Crippen molar-refractivity contribution in [2.45, 2.75) is 6.61 Å². The lowest BCUT2D eigenvalue weighted by atomic mass is 10.1. The van der Waals surface area contributed by atoms with Crippen LogP contribution in [-0.4, -0.2) is 5.91 Å². The molecule has 8 heteroatoms. The minimum atomic E-state index is -0.576. The van der Waals surface area contributed by atoms with Crippen LogP contribution in [0.5, 0.6) is 5.75 Å². The lowest BCUT2D eigenvalue weighted by Gasteiger charge is -2.13. The van der Waals surface area contributed by atoms with Gasteiger partial charge in [0.05, 0.1) is 15.2 Å². The van der Waals surface area contributed by atoms with Crippen molar-refractivity contribution in [2.75, 3.05) is 5.32 Å². The third kappa shape index (κ3) is 6.34. The Morgan fingerprint density at radius 2 is 1.87 bits per heavy atom. The highest BCUT2D eigenvalue weighted by Crippen LogP contribution is 2.35. The molecule has 0 radical (unpaired) electrons. The molecule has 0 aliphatic carbocycles. The van der Waals surface area contributed by atoms with Crippen molar-refractivity contribution < 1.29 is 9.53 Å². The Morgan fingerprint density at radius 3 is 2.58 bits per heavy atom. The van der Waals surface area contributed by atoms with Gasteiger partial charge in [-0.25, -0.2) is 0 Å². The number of carbonyl (C=O) groups is 1. The number of halogens is 4. The van der Waals surface area contributed by atoms with Gasteiger partial charge < -0.3 is 10.1 Å². The zero-order valence-corrected chi connectivity index (χ0v) is 20.5. The van der Waals surface area contributed by atoms with E-state index in [2.05, 4.69) is 37.2 Å². The summed E-state index contributed by atoms with van der Waals surface area (Å²) < 4.78 is 7.41. The van der Waals surface area contributed by atoms with Gasteiger partial charge in [-0.15, -0.1) is 0 Å². The van der Waals surface area contributed by atoms with Crippen LogP contribution in [0, 0.1) is 11.3 Å². The van der Waals surface area contributed by atoms with Crippen molar-refractivity contribution in [3.8, 4) is 11.8 Å². The largest absolute Gasteiger partial charge is 0.487 e. The average molecular weight is 581 g/mol. The van der Waals surface area contributed by atoms with Gasteiger partial charge >= 0.3 is 0 Å². The quantitative estimate of drug-likeness (QED) is 0.241. The zero-order chi connectivity index (χ0) is 22.4. The van der Waals surface area contributed by atoms with Crippen LogP contribution in [0.2, 0.25) is 10.0 Å². The predicted octanol–water partition coefficient (Wildman–Crippen LogP) is 7.64. The second-order valence-corrected chi connectivity index (χ2v) is 8.94. The normalized spacial score (nSPS) is 11.0. The highest BCUT2D eigenvalue weighted by atomic mass is 79.9. The first-order chi connectivity index (χ1) is 14.9. The van der Waals surface area contributed by atoms with Crippen LogP contribution < -0.4 is 10.1 Å². The number of carbonyl (C=O) groups excluding carboxylic acids is 1. The van der Waals surface area contributed by atoms with E-state index in [0.717, 1.165) is 10.0 Å². The number of benzene rings is 3. The Labute approximate surface area is 206 Å². The maximum absolute atomic E-state index is 12.7. The van der Waals surface area contributed by atoms with Crippen LogP contribution in [0.4, 0.5) is 5.69 Å². The van der Waals surface area contributed by atoms with Crippen molar-refractivity contribution in [2.24, 2.45) is 0 Å². The lowest BCUT2D eigenvalue weighted by Crippen LogP contribution is -2.13. The molecule has 3 aromatic carbocycles. The number of ether oxygens (including phenoxy) is 1. The SMILES string of the molecule is N#C/C(=C\c1cc(Br)cc(Br)c1OCc1cccc(Cl)c1)C(=O)Nc1ccccc1Cl. The smallest absolute Gasteiger partial charge is 0.266 e. The van der Waals surface area contributed by atoms with Gasteiger partial charge in [0.15, 0.2) is 0 Å². The maximum atomic E-state index is 12.7. The summed E-state index contributed by atoms with van der Waals surface area (Å²) in [5, 5.41) is 13.2. The minimum absolute atomic E-state index is 0.0995. The van der Waals surface area contributed by atoms with Crippen molar-refractivity contribution in [3.05, 3.63) is 96.4 Å². The van der Waals surface area contributed by atoms with E-state index in [9.17, 15) is 10.1 Å². The second-order valence-electron chi connectivity index (χ2n) is 6.33. The predicted molar refractivity (Wildman–Crippen MR) is 131 cm³/mol. The van der Waals surface area contributed by atoms with Crippen molar-refractivity contribution in [3.63, 3.8) is 0 Å². The Hall–Kier alpha value is -2.30. The molecule has 1 amide bonds. The van der Waals surface area contributed by atoms with Crippen molar-refractivity contribution in [1.82, 2.24) is 0 Å². The van der Waals surface area contributed by atoms with Crippen LogP contribution in [0.25, 0.3) is 6.08 Å². The second kappa shape index (κ2) is 10.8.